The molecule has 0 fully saturated rings. The van der Waals surface area contributed by atoms with Crippen LogP contribution in [0.1, 0.15) is 25.3 Å². The highest BCUT2D eigenvalue weighted by Gasteiger charge is 2.20. The van der Waals surface area contributed by atoms with Gasteiger partial charge in [-0.1, -0.05) is 31.0 Å². The van der Waals surface area contributed by atoms with Crippen molar-refractivity contribution in [3.05, 3.63) is 34.6 Å². The molecule has 0 saturated heterocycles. The van der Waals surface area contributed by atoms with Gasteiger partial charge in [-0.15, -0.1) is 0 Å². The fourth-order valence-corrected chi connectivity index (χ4v) is 2.23. The maximum Gasteiger partial charge on any atom is 0.124 e. The maximum absolute atomic E-state index is 13.0. The van der Waals surface area contributed by atoms with Gasteiger partial charge in [-0.05, 0) is 30.5 Å². The van der Waals surface area contributed by atoms with Crippen LogP contribution in [-0.4, -0.2) is 19.3 Å². The minimum absolute atomic E-state index is 0.0149. The summed E-state index contributed by atoms with van der Waals surface area (Å²) in [6.07, 6.45) is 2.53. The molecule has 0 aromatic heterocycles. The monoisotopic (exact) mass is 274 g/mol. The molecule has 0 bridgehead atoms. The lowest BCUT2D eigenvalue weighted by Gasteiger charge is -2.25. The van der Waals surface area contributed by atoms with E-state index in [4.69, 9.17) is 22.2 Å². The Kier molecular flexibility index (Phi) is 6.57. The second-order valence-electron chi connectivity index (χ2n) is 4.28. The first-order chi connectivity index (χ1) is 8.62. The average Bonchev–Trinajstić information content (AvgIpc) is 2.36. The largest absolute Gasteiger partial charge is 0.380 e. The van der Waals surface area contributed by atoms with Gasteiger partial charge in [-0.25, -0.2) is 4.39 Å². The summed E-state index contributed by atoms with van der Waals surface area (Å²) in [5, 5.41) is 0.418. The predicted octanol–water partition coefficient (Wildman–Crippen LogP) is 2.67. The molecule has 1 aromatic carbocycles. The Labute approximate surface area is 112 Å². The topological polar surface area (TPSA) is 47.3 Å². The van der Waals surface area contributed by atoms with Crippen molar-refractivity contribution in [2.24, 2.45) is 5.84 Å². The number of hydrazine groups is 1. The first-order valence-corrected chi connectivity index (χ1v) is 6.43. The fraction of sp³-hybridized carbons (Fsp3) is 0.538. The summed E-state index contributed by atoms with van der Waals surface area (Å²) in [6.45, 7) is 2.09. The number of nitrogens with one attached hydrogen (secondary N) is 1. The number of halogens is 2. The van der Waals surface area contributed by atoms with Crippen molar-refractivity contribution < 1.29 is 9.13 Å². The zero-order valence-corrected chi connectivity index (χ0v) is 11.5. The van der Waals surface area contributed by atoms with Gasteiger partial charge in [0.15, 0.2) is 0 Å². The summed E-state index contributed by atoms with van der Waals surface area (Å²) < 4.78 is 18.4. The van der Waals surface area contributed by atoms with Crippen molar-refractivity contribution in [3.63, 3.8) is 0 Å². The predicted molar refractivity (Wildman–Crippen MR) is 71.9 cm³/mol. The summed E-state index contributed by atoms with van der Waals surface area (Å²) in [4.78, 5) is 0. The Morgan fingerprint density at radius 1 is 1.50 bits per heavy atom. The minimum Gasteiger partial charge on any atom is -0.380 e. The quantitative estimate of drug-likeness (QED) is 0.594. The van der Waals surface area contributed by atoms with Gasteiger partial charge < -0.3 is 4.74 Å². The van der Waals surface area contributed by atoms with E-state index in [1.807, 2.05) is 0 Å². The number of methoxy groups -OCH3 is 1. The lowest BCUT2D eigenvalue weighted by atomic mass is 9.99. The van der Waals surface area contributed by atoms with E-state index in [-0.39, 0.29) is 18.0 Å². The van der Waals surface area contributed by atoms with Crippen molar-refractivity contribution in [3.8, 4) is 0 Å². The minimum atomic E-state index is -0.335. The fourth-order valence-electron chi connectivity index (χ4n) is 1.99. The van der Waals surface area contributed by atoms with Gasteiger partial charge in [0.05, 0.1) is 12.1 Å². The van der Waals surface area contributed by atoms with E-state index >= 15 is 0 Å². The van der Waals surface area contributed by atoms with E-state index in [1.165, 1.54) is 12.1 Å². The molecule has 2 atom stereocenters. The van der Waals surface area contributed by atoms with Crippen LogP contribution in [0.3, 0.4) is 0 Å². The molecule has 2 unspecified atom stereocenters. The molecule has 0 aliphatic rings. The zero-order chi connectivity index (χ0) is 13.5. The van der Waals surface area contributed by atoms with Crippen LogP contribution in [0, 0.1) is 5.82 Å². The molecule has 102 valence electrons. The number of benzene rings is 1. The standard InChI is InChI=1S/C13H20ClFN2O/c1-3-4-13(18-2)12(17-16)7-9-5-6-10(15)8-11(9)14/h5-6,8,12-13,17H,3-4,7,16H2,1-2H3. The van der Waals surface area contributed by atoms with Crippen LogP contribution in [0.25, 0.3) is 0 Å². The van der Waals surface area contributed by atoms with E-state index in [9.17, 15) is 4.39 Å². The van der Waals surface area contributed by atoms with Gasteiger partial charge in [0.2, 0.25) is 0 Å². The summed E-state index contributed by atoms with van der Waals surface area (Å²) in [5.74, 6) is 5.22. The molecule has 1 rings (SSSR count). The number of rotatable bonds is 7. The van der Waals surface area contributed by atoms with Crippen LogP contribution < -0.4 is 11.3 Å². The molecule has 0 spiro atoms. The van der Waals surface area contributed by atoms with Crippen molar-refractivity contribution in [1.82, 2.24) is 5.43 Å². The molecule has 3 nitrogen and oxygen atoms in total. The highest BCUT2D eigenvalue weighted by molar-refractivity contribution is 6.31. The van der Waals surface area contributed by atoms with Crippen LogP contribution in [-0.2, 0) is 11.2 Å². The second kappa shape index (κ2) is 7.69. The van der Waals surface area contributed by atoms with Gasteiger partial charge in [0.1, 0.15) is 5.82 Å². The van der Waals surface area contributed by atoms with Crippen molar-refractivity contribution in [2.45, 2.75) is 38.3 Å². The molecule has 3 N–H and O–H groups in total. The van der Waals surface area contributed by atoms with Gasteiger partial charge in [-0.2, -0.15) is 0 Å². The van der Waals surface area contributed by atoms with E-state index < -0.39 is 0 Å². The SMILES string of the molecule is CCCC(OC)C(Cc1ccc(F)cc1Cl)NN. The molecular weight excluding hydrogens is 255 g/mol. The lowest BCUT2D eigenvalue weighted by Crippen LogP contribution is -2.46. The molecule has 0 aliphatic carbocycles. The average molecular weight is 275 g/mol. The first kappa shape index (κ1) is 15.4. The summed E-state index contributed by atoms with van der Waals surface area (Å²) >= 11 is 6.01. The van der Waals surface area contributed by atoms with Crippen molar-refractivity contribution in [2.75, 3.05) is 7.11 Å². The first-order valence-electron chi connectivity index (χ1n) is 6.05. The third kappa shape index (κ3) is 4.21. The van der Waals surface area contributed by atoms with Crippen LogP contribution in [0.5, 0.6) is 0 Å². The third-order valence-electron chi connectivity index (χ3n) is 2.99. The Balaban J connectivity index is 2.78. The second-order valence-corrected chi connectivity index (χ2v) is 4.68. The van der Waals surface area contributed by atoms with Gasteiger partial charge >= 0.3 is 0 Å². The van der Waals surface area contributed by atoms with Gasteiger partial charge in [0.25, 0.3) is 0 Å². The Bertz CT molecular complexity index is 376. The Hall–Kier alpha value is -0.680. The van der Waals surface area contributed by atoms with E-state index in [2.05, 4.69) is 12.3 Å². The van der Waals surface area contributed by atoms with Crippen LogP contribution in [0.15, 0.2) is 18.2 Å². The number of hydrogen-bond donors (Lipinski definition) is 2. The molecule has 0 heterocycles. The van der Waals surface area contributed by atoms with Crippen molar-refractivity contribution >= 4 is 11.6 Å². The summed E-state index contributed by atoms with van der Waals surface area (Å²) in [5.41, 5.74) is 3.61. The van der Waals surface area contributed by atoms with Crippen LogP contribution in [0.2, 0.25) is 5.02 Å². The number of hydrogen-bond acceptors (Lipinski definition) is 3. The van der Waals surface area contributed by atoms with Gasteiger partial charge in [-0.3, -0.25) is 11.3 Å². The molecule has 0 saturated carbocycles. The Morgan fingerprint density at radius 2 is 2.22 bits per heavy atom. The number of nitrogens with two attached hydrogens (primary N) is 1. The summed E-state index contributed by atoms with van der Waals surface area (Å²) in [6, 6.07) is 4.35. The van der Waals surface area contributed by atoms with Crippen LogP contribution in [0.4, 0.5) is 4.39 Å². The molecule has 5 heteroatoms. The highest BCUT2D eigenvalue weighted by Crippen LogP contribution is 2.20. The molecule has 1 aromatic rings. The normalized spacial score (nSPS) is 14.5. The number of ether oxygens (including phenoxy) is 1. The summed E-state index contributed by atoms with van der Waals surface area (Å²) in [7, 11) is 1.66. The molecule has 0 amide bonds. The van der Waals surface area contributed by atoms with E-state index in [0.29, 0.717) is 11.4 Å². The maximum atomic E-state index is 13.0. The molecule has 0 radical (unpaired) electrons. The van der Waals surface area contributed by atoms with E-state index in [0.717, 1.165) is 18.4 Å². The lowest BCUT2D eigenvalue weighted by molar-refractivity contribution is 0.0609. The Morgan fingerprint density at radius 3 is 2.72 bits per heavy atom. The van der Waals surface area contributed by atoms with Gasteiger partial charge in [0, 0.05) is 12.1 Å². The van der Waals surface area contributed by atoms with Crippen molar-refractivity contribution in [1.29, 1.82) is 0 Å². The molecule has 0 aliphatic heterocycles. The highest BCUT2D eigenvalue weighted by atomic mass is 35.5. The van der Waals surface area contributed by atoms with Crippen LogP contribution >= 0.6 is 11.6 Å². The molecule has 18 heavy (non-hydrogen) atoms. The third-order valence-corrected chi connectivity index (χ3v) is 3.35. The zero-order valence-electron chi connectivity index (χ0n) is 10.7. The molecular formula is C13H20ClFN2O. The van der Waals surface area contributed by atoms with E-state index in [1.54, 1.807) is 13.2 Å². The smallest absolute Gasteiger partial charge is 0.124 e.